The standard InChI is InChI=1S/C13H17Cl2NO2S/c1-9(10-3-4-10)16(2)19(17,18)12-5-6-13(15)11(7-12)8-14/h5-7,9-10H,3-4,8H2,1-2H3. The van der Waals surface area contributed by atoms with E-state index in [9.17, 15) is 8.42 Å². The normalized spacial score (nSPS) is 17.7. The molecular weight excluding hydrogens is 305 g/mol. The zero-order valence-electron chi connectivity index (χ0n) is 10.9. The number of nitrogens with zero attached hydrogens (tertiary/aromatic N) is 1. The Balaban J connectivity index is 2.33. The molecule has 0 amide bonds. The molecule has 1 atom stereocenters. The Hall–Kier alpha value is -0.290. The van der Waals surface area contributed by atoms with Gasteiger partial charge in [-0.2, -0.15) is 4.31 Å². The van der Waals surface area contributed by atoms with Gasteiger partial charge in [0.05, 0.1) is 4.90 Å². The van der Waals surface area contributed by atoms with Crippen molar-refractivity contribution in [1.29, 1.82) is 0 Å². The minimum Gasteiger partial charge on any atom is -0.207 e. The van der Waals surface area contributed by atoms with Crippen LogP contribution in [-0.4, -0.2) is 25.8 Å². The summed E-state index contributed by atoms with van der Waals surface area (Å²) in [5, 5.41) is 0.492. The van der Waals surface area contributed by atoms with Crippen LogP contribution >= 0.6 is 23.2 Å². The van der Waals surface area contributed by atoms with Gasteiger partial charge in [-0.1, -0.05) is 11.6 Å². The molecule has 0 saturated heterocycles. The fourth-order valence-electron chi connectivity index (χ4n) is 2.07. The van der Waals surface area contributed by atoms with Crippen LogP contribution in [0, 0.1) is 5.92 Å². The summed E-state index contributed by atoms with van der Waals surface area (Å²) >= 11 is 11.7. The molecule has 19 heavy (non-hydrogen) atoms. The van der Waals surface area contributed by atoms with Crippen LogP contribution < -0.4 is 0 Å². The van der Waals surface area contributed by atoms with Gasteiger partial charge in [0.1, 0.15) is 0 Å². The van der Waals surface area contributed by atoms with E-state index in [-0.39, 0.29) is 16.8 Å². The van der Waals surface area contributed by atoms with E-state index in [4.69, 9.17) is 23.2 Å². The smallest absolute Gasteiger partial charge is 0.207 e. The molecular formula is C13H17Cl2NO2S. The highest BCUT2D eigenvalue weighted by Gasteiger charge is 2.36. The van der Waals surface area contributed by atoms with Crippen molar-refractivity contribution in [3.63, 3.8) is 0 Å². The fraction of sp³-hybridized carbons (Fsp3) is 0.538. The zero-order valence-corrected chi connectivity index (χ0v) is 13.3. The average molecular weight is 322 g/mol. The first kappa shape index (κ1) is 15.1. The minimum absolute atomic E-state index is 0.0279. The Morgan fingerprint density at radius 2 is 2.05 bits per heavy atom. The first-order valence-electron chi connectivity index (χ1n) is 6.20. The largest absolute Gasteiger partial charge is 0.243 e. The van der Waals surface area contributed by atoms with E-state index in [2.05, 4.69) is 0 Å². The third kappa shape index (κ3) is 3.07. The molecule has 1 aliphatic rings. The second-order valence-electron chi connectivity index (χ2n) is 4.99. The van der Waals surface area contributed by atoms with Crippen LogP contribution in [0.25, 0.3) is 0 Å². The van der Waals surface area contributed by atoms with Gasteiger partial charge in [-0.3, -0.25) is 0 Å². The van der Waals surface area contributed by atoms with Crippen molar-refractivity contribution in [3.8, 4) is 0 Å². The molecule has 0 N–H and O–H groups in total. The van der Waals surface area contributed by atoms with Crippen molar-refractivity contribution in [2.45, 2.75) is 36.6 Å². The summed E-state index contributed by atoms with van der Waals surface area (Å²) in [4.78, 5) is 0.252. The van der Waals surface area contributed by atoms with Gasteiger partial charge in [-0.05, 0) is 49.4 Å². The van der Waals surface area contributed by atoms with E-state index in [0.717, 1.165) is 12.8 Å². The van der Waals surface area contributed by atoms with Crippen molar-refractivity contribution in [3.05, 3.63) is 28.8 Å². The first-order chi connectivity index (χ1) is 8.87. The lowest BCUT2D eigenvalue weighted by atomic mass is 10.2. The van der Waals surface area contributed by atoms with Crippen LogP contribution in [-0.2, 0) is 15.9 Å². The number of halogens is 2. The minimum atomic E-state index is -3.48. The van der Waals surface area contributed by atoms with E-state index < -0.39 is 10.0 Å². The number of rotatable bonds is 5. The molecule has 1 unspecified atom stereocenters. The number of sulfonamides is 1. The van der Waals surface area contributed by atoms with Crippen LogP contribution in [0.1, 0.15) is 25.3 Å². The van der Waals surface area contributed by atoms with Crippen LogP contribution in [0.2, 0.25) is 5.02 Å². The highest BCUT2D eigenvalue weighted by atomic mass is 35.5. The van der Waals surface area contributed by atoms with Gasteiger partial charge >= 0.3 is 0 Å². The summed E-state index contributed by atoms with van der Waals surface area (Å²) in [7, 11) is -1.84. The number of alkyl halides is 1. The third-order valence-corrected chi connectivity index (χ3v) is 6.31. The van der Waals surface area contributed by atoms with E-state index in [0.29, 0.717) is 16.5 Å². The van der Waals surface area contributed by atoms with Crippen molar-refractivity contribution in [2.75, 3.05) is 7.05 Å². The van der Waals surface area contributed by atoms with Gasteiger partial charge in [-0.15, -0.1) is 11.6 Å². The lowest BCUT2D eigenvalue weighted by Gasteiger charge is -2.24. The Morgan fingerprint density at radius 3 is 2.58 bits per heavy atom. The molecule has 2 rings (SSSR count). The summed E-state index contributed by atoms with van der Waals surface area (Å²) in [6.07, 6.45) is 2.21. The maximum Gasteiger partial charge on any atom is 0.243 e. The van der Waals surface area contributed by atoms with Crippen LogP contribution in [0.15, 0.2) is 23.1 Å². The van der Waals surface area contributed by atoms with E-state index in [1.807, 2.05) is 6.92 Å². The monoisotopic (exact) mass is 321 g/mol. The van der Waals surface area contributed by atoms with Gasteiger partial charge in [0.2, 0.25) is 10.0 Å². The van der Waals surface area contributed by atoms with Crippen molar-refractivity contribution < 1.29 is 8.42 Å². The Kier molecular flexibility index (Phi) is 4.45. The maximum atomic E-state index is 12.5. The summed E-state index contributed by atoms with van der Waals surface area (Å²) in [5.41, 5.74) is 0.636. The predicted molar refractivity (Wildman–Crippen MR) is 78.1 cm³/mol. The maximum absolute atomic E-state index is 12.5. The molecule has 1 saturated carbocycles. The van der Waals surface area contributed by atoms with Crippen molar-refractivity contribution in [1.82, 2.24) is 4.31 Å². The molecule has 1 aromatic rings. The summed E-state index contributed by atoms with van der Waals surface area (Å²) < 4.78 is 26.5. The van der Waals surface area contributed by atoms with Gasteiger partial charge in [0.15, 0.2) is 0 Å². The third-order valence-electron chi connectivity index (χ3n) is 3.72. The summed E-state index contributed by atoms with van der Waals surface area (Å²) in [6, 6.07) is 4.70. The van der Waals surface area contributed by atoms with Crippen LogP contribution in [0.4, 0.5) is 0 Å². The molecule has 0 spiro atoms. The Labute approximate surface area is 124 Å². The predicted octanol–water partition coefficient (Wildman–Crippen LogP) is 3.50. The number of hydrogen-bond donors (Lipinski definition) is 0. The molecule has 3 nitrogen and oxygen atoms in total. The van der Waals surface area contributed by atoms with E-state index in [1.54, 1.807) is 19.2 Å². The Morgan fingerprint density at radius 1 is 1.42 bits per heavy atom. The lowest BCUT2D eigenvalue weighted by Crippen LogP contribution is -2.36. The van der Waals surface area contributed by atoms with Gasteiger partial charge in [0.25, 0.3) is 0 Å². The van der Waals surface area contributed by atoms with Gasteiger partial charge < -0.3 is 0 Å². The molecule has 6 heteroatoms. The van der Waals surface area contributed by atoms with E-state index >= 15 is 0 Å². The number of hydrogen-bond acceptors (Lipinski definition) is 2. The molecule has 0 aliphatic heterocycles. The lowest BCUT2D eigenvalue weighted by molar-refractivity contribution is 0.357. The van der Waals surface area contributed by atoms with Gasteiger partial charge in [-0.25, -0.2) is 8.42 Å². The highest BCUT2D eigenvalue weighted by molar-refractivity contribution is 7.89. The zero-order chi connectivity index (χ0) is 14.2. The first-order valence-corrected chi connectivity index (χ1v) is 8.55. The molecule has 1 aromatic carbocycles. The highest BCUT2D eigenvalue weighted by Crippen LogP contribution is 2.36. The van der Waals surface area contributed by atoms with Crippen molar-refractivity contribution in [2.24, 2.45) is 5.92 Å². The average Bonchev–Trinajstić information content (AvgIpc) is 3.21. The Bertz CT molecular complexity index is 570. The quantitative estimate of drug-likeness (QED) is 0.778. The molecule has 0 bridgehead atoms. The molecule has 0 aromatic heterocycles. The molecule has 1 fully saturated rings. The van der Waals surface area contributed by atoms with Crippen LogP contribution in [0.3, 0.4) is 0 Å². The fourth-order valence-corrected chi connectivity index (χ4v) is 4.02. The van der Waals surface area contributed by atoms with Gasteiger partial charge in [0, 0.05) is 24.0 Å². The van der Waals surface area contributed by atoms with Crippen LogP contribution in [0.5, 0.6) is 0 Å². The molecule has 106 valence electrons. The molecule has 1 aliphatic carbocycles. The second-order valence-corrected chi connectivity index (χ2v) is 7.66. The summed E-state index contributed by atoms with van der Waals surface area (Å²) in [6.45, 7) is 1.95. The number of benzene rings is 1. The van der Waals surface area contributed by atoms with E-state index in [1.165, 1.54) is 10.4 Å². The topological polar surface area (TPSA) is 37.4 Å². The summed E-state index contributed by atoms with van der Waals surface area (Å²) in [5.74, 6) is 0.684. The molecule has 0 radical (unpaired) electrons. The second kappa shape index (κ2) is 5.60. The SMILES string of the molecule is CC(C1CC1)N(C)S(=O)(=O)c1ccc(Cl)c(CCl)c1. The van der Waals surface area contributed by atoms with Crippen molar-refractivity contribution >= 4 is 33.2 Å². The molecule has 0 heterocycles.